The van der Waals surface area contributed by atoms with Gasteiger partial charge in [0.25, 0.3) is 0 Å². The molecule has 4 unspecified atom stereocenters. The Hall–Kier alpha value is -0.260. The molecular weight excluding hydrogens is 180 g/mol. The molecule has 2 bridgehead atoms. The Balaban J connectivity index is 1.94. The molecular formula is C15H24. The van der Waals surface area contributed by atoms with Gasteiger partial charge in [-0.25, -0.2) is 0 Å². The van der Waals surface area contributed by atoms with Crippen molar-refractivity contribution in [1.82, 2.24) is 0 Å². The number of fused-ring (bicyclic) bond motifs is 1. The molecule has 0 aromatic heterocycles. The Kier molecular flexibility index (Phi) is 2.06. The summed E-state index contributed by atoms with van der Waals surface area (Å²) in [6, 6.07) is 0. The molecule has 3 rings (SSSR count). The van der Waals surface area contributed by atoms with Crippen molar-refractivity contribution in [1.29, 1.82) is 0 Å². The summed E-state index contributed by atoms with van der Waals surface area (Å²) in [5.41, 5.74) is 2.38. The molecule has 0 radical (unpaired) electrons. The van der Waals surface area contributed by atoms with E-state index in [1.54, 1.807) is 0 Å². The predicted molar refractivity (Wildman–Crippen MR) is 64.6 cm³/mol. The van der Waals surface area contributed by atoms with E-state index in [1.807, 2.05) is 5.57 Å². The van der Waals surface area contributed by atoms with E-state index >= 15 is 0 Å². The van der Waals surface area contributed by atoms with Crippen LogP contribution in [0, 0.1) is 29.1 Å². The Morgan fingerprint density at radius 3 is 2.67 bits per heavy atom. The summed E-state index contributed by atoms with van der Waals surface area (Å²) in [6.07, 6.45) is 10.1. The van der Waals surface area contributed by atoms with E-state index in [4.69, 9.17) is 0 Å². The molecule has 0 aromatic rings. The molecule has 2 fully saturated rings. The smallest absolute Gasteiger partial charge is 0.0136 e. The maximum absolute atomic E-state index is 2.67. The van der Waals surface area contributed by atoms with Crippen LogP contribution in [0.1, 0.15) is 52.9 Å². The highest BCUT2D eigenvalue weighted by Gasteiger charge is 2.52. The summed E-state index contributed by atoms with van der Waals surface area (Å²) in [6.45, 7) is 7.36. The van der Waals surface area contributed by atoms with Crippen LogP contribution in [0.3, 0.4) is 0 Å². The average Bonchev–Trinajstić information content (AvgIpc) is 2.63. The summed E-state index contributed by atoms with van der Waals surface area (Å²) < 4.78 is 0. The lowest BCUT2D eigenvalue weighted by Gasteiger charge is -2.33. The molecule has 0 heterocycles. The van der Waals surface area contributed by atoms with Crippen LogP contribution in [-0.4, -0.2) is 0 Å². The second kappa shape index (κ2) is 3.12. The summed E-state index contributed by atoms with van der Waals surface area (Å²) in [7, 11) is 0. The van der Waals surface area contributed by atoms with Crippen molar-refractivity contribution in [3.05, 3.63) is 11.6 Å². The highest BCUT2D eigenvalue weighted by Crippen LogP contribution is 2.61. The monoisotopic (exact) mass is 204 g/mol. The first-order chi connectivity index (χ1) is 7.07. The van der Waals surface area contributed by atoms with Gasteiger partial charge in [-0.15, -0.1) is 0 Å². The lowest BCUT2D eigenvalue weighted by molar-refractivity contribution is 0.178. The summed E-state index contributed by atoms with van der Waals surface area (Å²) in [5, 5.41) is 0. The molecule has 0 spiro atoms. The maximum atomic E-state index is 2.67. The zero-order valence-electron chi connectivity index (χ0n) is 10.4. The van der Waals surface area contributed by atoms with Gasteiger partial charge in [-0.3, -0.25) is 0 Å². The van der Waals surface area contributed by atoms with E-state index in [1.165, 1.54) is 32.1 Å². The highest BCUT2D eigenvalue weighted by molar-refractivity contribution is 5.26. The van der Waals surface area contributed by atoms with Crippen LogP contribution in [0.5, 0.6) is 0 Å². The van der Waals surface area contributed by atoms with Crippen molar-refractivity contribution in [3.63, 3.8) is 0 Å². The van der Waals surface area contributed by atoms with Crippen molar-refractivity contribution >= 4 is 0 Å². The minimum Gasteiger partial charge on any atom is -0.0816 e. The SMILES string of the molecule is CC(C)(C)C1C2C=C3CCCCC(C2)C31. The molecule has 0 aliphatic heterocycles. The minimum atomic E-state index is 0.521. The molecule has 0 heteroatoms. The predicted octanol–water partition coefficient (Wildman–Crippen LogP) is 4.42. The van der Waals surface area contributed by atoms with Crippen molar-refractivity contribution in [3.8, 4) is 0 Å². The Labute approximate surface area is 94.1 Å². The third-order valence-corrected chi connectivity index (χ3v) is 5.08. The molecule has 0 amide bonds. The highest BCUT2D eigenvalue weighted by atomic mass is 14.6. The van der Waals surface area contributed by atoms with Crippen LogP contribution in [0.15, 0.2) is 11.6 Å². The third kappa shape index (κ3) is 1.40. The fourth-order valence-corrected chi connectivity index (χ4v) is 4.76. The average molecular weight is 204 g/mol. The van der Waals surface area contributed by atoms with Gasteiger partial charge in [0.05, 0.1) is 0 Å². The van der Waals surface area contributed by atoms with Crippen molar-refractivity contribution in [2.45, 2.75) is 52.9 Å². The van der Waals surface area contributed by atoms with Gasteiger partial charge in [0.2, 0.25) is 0 Å². The standard InChI is InChI=1S/C15H24/c1-15(2,3)14-12-8-10-6-4-5-7-11(9-12)13(10)14/h8,11-14H,4-7,9H2,1-3H3. The minimum absolute atomic E-state index is 0.521. The quantitative estimate of drug-likeness (QED) is 0.513. The van der Waals surface area contributed by atoms with Gasteiger partial charge in [0.1, 0.15) is 0 Å². The van der Waals surface area contributed by atoms with Gasteiger partial charge >= 0.3 is 0 Å². The molecule has 3 aliphatic rings. The maximum Gasteiger partial charge on any atom is -0.0136 e. The van der Waals surface area contributed by atoms with Gasteiger partial charge in [0, 0.05) is 0 Å². The van der Waals surface area contributed by atoms with E-state index in [0.29, 0.717) is 5.41 Å². The van der Waals surface area contributed by atoms with Crippen LogP contribution in [0.2, 0.25) is 0 Å². The number of allylic oxidation sites excluding steroid dienone is 2. The molecule has 84 valence electrons. The number of hydrogen-bond acceptors (Lipinski definition) is 0. The Morgan fingerprint density at radius 2 is 2.00 bits per heavy atom. The Bertz CT molecular complexity index is 292. The molecule has 2 saturated carbocycles. The zero-order chi connectivity index (χ0) is 10.6. The van der Waals surface area contributed by atoms with Gasteiger partial charge in [0.15, 0.2) is 0 Å². The van der Waals surface area contributed by atoms with E-state index in [0.717, 1.165) is 23.7 Å². The number of rotatable bonds is 0. The lowest BCUT2D eigenvalue weighted by Crippen LogP contribution is -2.27. The van der Waals surface area contributed by atoms with Crippen LogP contribution >= 0.6 is 0 Å². The van der Waals surface area contributed by atoms with Gasteiger partial charge < -0.3 is 0 Å². The normalized spacial score (nSPS) is 44.1. The van der Waals surface area contributed by atoms with Gasteiger partial charge in [-0.2, -0.15) is 0 Å². The van der Waals surface area contributed by atoms with Crippen LogP contribution in [-0.2, 0) is 0 Å². The van der Waals surface area contributed by atoms with Crippen molar-refractivity contribution in [2.24, 2.45) is 29.1 Å². The van der Waals surface area contributed by atoms with E-state index < -0.39 is 0 Å². The van der Waals surface area contributed by atoms with E-state index in [2.05, 4.69) is 26.8 Å². The fourth-order valence-electron chi connectivity index (χ4n) is 4.76. The van der Waals surface area contributed by atoms with Gasteiger partial charge in [-0.1, -0.05) is 38.8 Å². The Morgan fingerprint density at radius 1 is 1.20 bits per heavy atom. The molecule has 3 aliphatic carbocycles. The molecule has 4 atom stereocenters. The first-order valence-corrected chi connectivity index (χ1v) is 6.78. The van der Waals surface area contributed by atoms with Crippen molar-refractivity contribution < 1.29 is 0 Å². The summed E-state index contributed by atoms with van der Waals surface area (Å²) in [4.78, 5) is 0. The molecule has 0 N–H and O–H groups in total. The van der Waals surface area contributed by atoms with Crippen LogP contribution < -0.4 is 0 Å². The third-order valence-electron chi connectivity index (χ3n) is 5.08. The lowest BCUT2D eigenvalue weighted by atomic mass is 9.72. The molecule has 0 aromatic carbocycles. The van der Waals surface area contributed by atoms with Crippen LogP contribution in [0.25, 0.3) is 0 Å². The second-order valence-electron chi connectivity index (χ2n) is 7.06. The fraction of sp³-hybridized carbons (Fsp3) is 0.867. The first-order valence-electron chi connectivity index (χ1n) is 6.78. The number of hydrogen-bond donors (Lipinski definition) is 0. The first kappa shape index (κ1) is 9.93. The topological polar surface area (TPSA) is 0 Å². The second-order valence-corrected chi connectivity index (χ2v) is 7.06. The van der Waals surface area contributed by atoms with E-state index in [-0.39, 0.29) is 0 Å². The zero-order valence-corrected chi connectivity index (χ0v) is 10.4. The van der Waals surface area contributed by atoms with Crippen LogP contribution in [0.4, 0.5) is 0 Å². The molecule has 15 heavy (non-hydrogen) atoms. The van der Waals surface area contributed by atoms with Crippen molar-refractivity contribution in [2.75, 3.05) is 0 Å². The largest absolute Gasteiger partial charge is 0.0816 e. The van der Waals surface area contributed by atoms with Gasteiger partial charge in [-0.05, 0) is 54.8 Å². The molecule has 0 nitrogen and oxygen atoms in total. The van der Waals surface area contributed by atoms with E-state index in [9.17, 15) is 0 Å². The summed E-state index contributed by atoms with van der Waals surface area (Å²) in [5.74, 6) is 3.95. The summed E-state index contributed by atoms with van der Waals surface area (Å²) >= 11 is 0. The molecule has 0 saturated heterocycles.